The third-order valence-corrected chi connectivity index (χ3v) is 5.35. The Morgan fingerprint density at radius 2 is 1.61 bits per heavy atom. The highest BCUT2D eigenvalue weighted by Gasteiger charge is 2.28. The minimum absolute atomic E-state index is 0.0654. The quantitative estimate of drug-likeness (QED) is 0.612. The molecule has 5 heteroatoms. The number of alkyl carbamates (subject to hydrolysis) is 1. The van der Waals surface area contributed by atoms with Gasteiger partial charge in [0.1, 0.15) is 6.61 Å². The van der Waals surface area contributed by atoms with Crippen LogP contribution < -0.4 is 5.32 Å². The summed E-state index contributed by atoms with van der Waals surface area (Å²) in [4.78, 5) is 22.8. The molecular weight excluding hydrogens is 354 g/mol. The molecule has 2 aromatic rings. The summed E-state index contributed by atoms with van der Waals surface area (Å²) in [6.07, 6.45) is 2.82. The number of unbranched alkanes of at least 4 members (excludes halogenated alkanes) is 2. The predicted molar refractivity (Wildman–Crippen MR) is 108 cm³/mol. The predicted octanol–water partition coefficient (Wildman–Crippen LogP) is 4.81. The van der Waals surface area contributed by atoms with Crippen LogP contribution in [0.15, 0.2) is 48.5 Å². The van der Waals surface area contributed by atoms with Crippen LogP contribution in [0.5, 0.6) is 0 Å². The maximum absolute atomic E-state index is 12.0. The van der Waals surface area contributed by atoms with Crippen molar-refractivity contribution < 1.29 is 19.4 Å². The van der Waals surface area contributed by atoms with E-state index in [2.05, 4.69) is 29.6 Å². The average Bonchev–Trinajstić information content (AvgIpc) is 3.02. The van der Waals surface area contributed by atoms with Crippen LogP contribution in [0.3, 0.4) is 0 Å². The summed E-state index contributed by atoms with van der Waals surface area (Å²) < 4.78 is 5.49. The van der Waals surface area contributed by atoms with Gasteiger partial charge in [-0.2, -0.15) is 0 Å². The fourth-order valence-corrected chi connectivity index (χ4v) is 3.72. The number of carbonyl (C=O) groups is 2. The number of aliphatic carboxylic acids is 1. The lowest BCUT2D eigenvalue weighted by Crippen LogP contribution is -2.27. The Morgan fingerprint density at radius 3 is 2.21 bits per heavy atom. The van der Waals surface area contributed by atoms with Crippen LogP contribution in [-0.2, 0) is 9.53 Å². The van der Waals surface area contributed by atoms with Gasteiger partial charge < -0.3 is 15.2 Å². The molecule has 1 aliphatic carbocycles. The van der Waals surface area contributed by atoms with Gasteiger partial charge >= 0.3 is 12.1 Å². The lowest BCUT2D eigenvalue weighted by atomic mass is 9.98. The molecule has 148 valence electrons. The number of benzene rings is 2. The second-order valence-corrected chi connectivity index (χ2v) is 7.34. The molecule has 0 bridgehead atoms. The van der Waals surface area contributed by atoms with Gasteiger partial charge in [-0.15, -0.1) is 0 Å². The standard InChI is InChI=1S/C23H27NO4/c1-16(22(25)26)9-3-2-8-14-24-23(27)28-15-21-19-12-6-4-10-17(19)18-11-5-7-13-20(18)21/h4-7,10-13,16,21H,2-3,8-9,14-15H2,1H3,(H,24,27)(H,25,26)/t16-/m0/s1. The first-order valence-electron chi connectivity index (χ1n) is 9.89. The number of rotatable bonds is 9. The number of carbonyl (C=O) groups excluding carboxylic acids is 1. The van der Waals surface area contributed by atoms with Crippen LogP contribution in [0.2, 0.25) is 0 Å². The third-order valence-electron chi connectivity index (χ3n) is 5.35. The van der Waals surface area contributed by atoms with E-state index in [1.807, 2.05) is 24.3 Å². The van der Waals surface area contributed by atoms with Crippen LogP contribution >= 0.6 is 0 Å². The van der Waals surface area contributed by atoms with Gasteiger partial charge in [-0.05, 0) is 35.1 Å². The zero-order valence-corrected chi connectivity index (χ0v) is 16.2. The summed E-state index contributed by atoms with van der Waals surface area (Å²) in [6.45, 7) is 2.57. The first-order chi connectivity index (χ1) is 13.6. The third kappa shape index (κ3) is 4.71. The zero-order valence-electron chi connectivity index (χ0n) is 16.2. The van der Waals surface area contributed by atoms with Crippen molar-refractivity contribution in [1.82, 2.24) is 5.32 Å². The molecule has 5 nitrogen and oxygen atoms in total. The molecule has 0 spiro atoms. The number of hydrogen-bond acceptors (Lipinski definition) is 3. The number of ether oxygens (including phenoxy) is 1. The molecule has 2 aromatic carbocycles. The summed E-state index contributed by atoms with van der Waals surface area (Å²) in [5, 5.41) is 11.6. The van der Waals surface area contributed by atoms with E-state index < -0.39 is 12.1 Å². The molecule has 0 fully saturated rings. The largest absolute Gasteiger partial charge is 0.481 e. The second-order valence-electron chi connectivity index (χ2n) is 7.34. The fourth-order valence-electron chi connectivity index (χ4n) is 3.72. The van der Waals surface area contributed by atoms with Crippen molar-refractivity contribution >= 4 is 12.1 Å². The van der Waals surface area contributed by atoms with Gasteiger partial charge in [0, 0.05) is 12.5 Å². The monoisotopic (exact) mass is 381 g/mol. The maximum atomic E-state index is 12.0. The zero-order chi connectivity index (χ0) is 19.9. The van der Waals surface area contributed by atoms with Crippen molar-refractivity contribution in [2.75, 3.05) is 13.2 Å². The van der Waals surface area contributed by atoms with Gasteiger partial charge in [0.25, 0.3) is 0 Å². The van der Waals surface area contributed by atoms with Gasteiger partial charge in [-0.25, -0.2) is 4.79 Å². The SMILES string of the molecule is C[C@@H](CCCCCNC(=O)OCC1c2ccccc2-c2ccccc21)C(=O)O. The maximum Gasteiger partial charge on any atom is 0.407 e. The molecule has 2 N–H and O–H groups in total. The van der Waals surface area contributed by atoms with E-state index in [0.717, 1.165) is 19.3 Å². The molecule has 1 amide bonds. The van der Waals surface area contributed by atoms with Crippen molar-refractivity contribution in [3.8, 4) is 11.1 Å². The summed E-state index contributed by atoms with van der Waals surface area (Å²) in [5.74, 6) is -0.998. The van der Waals surface area contributed by atoms with Gasteiger partial charge in [-0.1, -0.05) is 68.3 Å². The molecule has 0 radical (unpaired) electrons. The molecule has 0 unspecified atom stereocenters. The van der Waals surface area contributed by atoms with Crippen LogP contribution in [-0.4, -0.2) is 30.3 Å². The number of hydrogen-bond donors (Lipinski definition) is 2. The first kappa shape index (κ1) is 19.9. The molecule has 1 atom stereocenters. The minimum atomic E-state index is -0.753. The van der Waals surface area contributed by atoms with Gasteiger partial charge in [0.15, 0.2) is 0 Å². The molecular formula is C23H27NO4. The Kier molecular flexibility index (Phi) is 6.69. The van der Waals surface area contributed by atoms with E-state index in [4.69, 9.17) is 9.84 Å². The van der Waals surface area contributed by atoms with Crippen LogP contribution in [0.4, 0.5) is 4.79 Å². The molecule has 0 heterocycles. The van der Waals surface area contributed by atoms with Crippen molar-refractivity contribution in [2.24, 2.45) is 5.92 Å². The minimum Gasteiger partial charge on any atom is -0.481 e. The van der Waals surface area contributed by atoms with Gasteiger partial charge in [-0.3, -0.25) is 4.79 Å². The fraction of sp³-hybridized carbons (Fsp3) is 0.391. The molecule has 0 saturated heterocycles. The highest BCUT2D eigenvalue weighted by atomic mass is 16.5. The van der Waals surface area contributed by atoms with Gasteiger partial charge in [0.05, 0.1) is 5.92 Å². The summed E-state index contributed by atoms with van der Waals surface area (Å²) in [5.41, 5.74) is 4.82. The second kappa shape index (κ2) is 9.40. The summed E-state index contributed by atoms with van der Waals surface area (Å²) >= 11 is 0. The summed E-state index contributed by atoms with van der Waals surface area (Å²) in [7, 11) is 0. The molecule has 0 saturated carbocycles. The lowest BCUT2D eigenvalue weighted by Gasteiger charge is -2.14. The van der Waals surface area contributed by atoms with E-state index >= 15 is 0 Å². The molecule has 28 heavy (non-hydrogen) atoms. The number of amides is 1. The van der Waals surface area contributed by atoms with Crippen LogP contribution in [0.25, 0.3) is 11.1 Å². The normalized spacial score (nSPS) is 13.5. The van der Waals surface area contributed by atoms with E-state index in [9.17, 15) is 9.59 Å². The van der Waals surface area contributed by atoms with E-state index in [1.54, 1.807) is 6.92 Å². The Labute approximate surface area is 165 Å². The van der Waals surface area contributed by atoms with E-state index in [-0.39, 0.29) is 11.8 Å². The first-order valence-corrected chi connectivity index (χ1v) is 9.89. The Morgan fingerprint density at radius 1 is 1.00 bits per heavy atom. The Hall–Kier alpha value is -2.82. The number of carboxylic acid groups (broad SMARTS) is 1. The Balaban J connectivity index is 1.42. The van der Waals surface area contributed by atoms with Crippen molar-refractivity contribution in [3.63, 3.8) is 0 Å². The van der Waals surface area contributed by atoms with E-state index in [1.165, 1.54) is 22.3 Å². The molecule has 1 aliphatic rings. The smallest absolute Gasteiger partial charge is 0.407 e. The van der Waals surface area contributed by atoms with Crippen molar-refractivity contribution in [3.05, 3.63) is 59.7 Å². The molecule has 0 aromatic heterocycles. The van der Waals surface area contributed by atoms with E-state index in [0.29, 0.717) is 19.6 Å². The van der Waals surface area contributed by atoms with Crippen LogP contribution in [0, 0.1) is 5.92 Å². The number of carboxylic acids is 1. The van der Waals surface area contributed by atoms with Crippen LogP contribution in [0.1, 0.15) is 49.7 Å². The summed E-state index contributed by atoms with van der Waals surface area (Å²) in [6, 6.07) is 16.5. The highest BCUT2D eigenvalue weighted by molar-refractivity contribution is 5.79. The molecule has 0 aliphatic heterocycles. The Bertz CT molecular complexity index is 787. The van der Waals surface area contributed by atoms with Gasteiger partial charge in [0.2, 0.25) is 0 Å². The highest BCUT2D eigenvalue weighted by Crippen LogP contribution is 2.44. The van der Waals surface area contributed by atoms with Crippen molar-refractivity contribution in [2.45, 2.75) is 38.5 Å². The number of fused-ring (bicyclic) bond motifs is 3. The average molecular weight is 381 g/mol. The lowest BCUT2D eigenvalue weighted by molar-refractivity contribution is -0.141. The topological polar surface area (TPSA) is 75.6 Å². The molecule has 3 rings (SSSR count). The van der Waals surface area contributed by atoms with Crippen molar-refractivity contribution in [1.29, 1.82) is 0 Å². The number of nitrogens with one attached hydrogen (secondary N) is 1.